The fourth-order valence-corrected chi connectivity index (χ4v) is 3.36. The number of amides is 1. The fraction of sp³-hybridized carbons (Fsp3) is 0.889. The van der Waals surface area contributed by atoms with E-state index in [0.717, 1.165) is 51.6 Å². The van der Waals surface area contributed by atoms with Gasteiger partial charge in [-0.1, -0.05) is 0 Å². The molecule has 0 aromatic carbocycles. The van der Waals surface area contributed by atoms with Gasteiger partial charge in [0.25, 0.3) is 0 Å². The van der Waals surface area contributed by atoms with Gasteiger partial charge < -0.3 is 24.9 Å². The zero-order valence-electron chi connectivity index (χ0n) is 16.3. The molecule has 0 saturated carbocycles. The molecule has 2 aliphatic rings. The third kappa shape index (κ3) is 6.82. The zero-order chi connectivity index (χ0) is 18.1. The predicted molar refractivity (Wildman–Crippen MR) is 103 cm³/mol. The summed E-state index contributed by atoms with van der Waals surface area (Å²) in [6.45, 7) is 14.8. The number of nitrogens with one attached hydrogen (secondary N) is 1. The number of hydrogen-bond acceptors (Lipinski definition) is 4. The van der Waals surface area contributed by atoms with Crippen LogP contribution in [-0.2, 0) is 4.79 Å². The smallest absolute Gasteiger partial charge is 0.219 e. The van der Waals surface area contributed by atoms with Crippen molar-refractivity contribution >= 4 is 11.9 Å². The number of carbonyl (C=O) groups excluding carboxylic acids is 1. The lowest BCUT2D eigenvalue weighted by Crippen LogP contribution is -2.53. The van der Waals surface area contributed by atoms with E-state index >= 15 is 0 Å². The molecule has 0 aromatic rings. The molecule has 2 fully saturated rings. The van der Waals surface area contributed by atoms with Crippen LogP contribution < -0.4 is 5.32 Å². The summed E-state index contributed by atoms with van der Waals surface area (Å²) in [4.78, 5) is 25.4. The van der Waals surface area contributed by atoms with E-state index in [1.165, 1.54) is 39.1 Å². The van der Waals surface area contributed by atoms with Crippen LogP contribution in [0.25, 0.3) is 0 Å². The minimum Gasteiger partial charge on any atom is -0.357 e. The van der Waals surface area contributed by atoms with E-state index < -0.39 is 0 Å². The Morgan fingerprint density at radius 1 is 0.960 bits per heavy atom. The van der Waals surface area contributed by atoms with E-state index in [0.29, 0.717) is 0 Å². The minimum absolute atomic E-state index is 0.172. The Balaban J connectivity index is 1.68. The number of aliphatic imine (C=N–C) groups is 1. The van der Waals surface area contributed by atoms with Crippen LogP contribution in [0.15, 0.2) is 4.99 Å². The average Bonchev–Trinajstić information content (AvgIpc) is 2.62. The van der Waals surface area contributed by atoms with Gasteiger partial charge in [0.1, 0.15) is 0 Å². The van der Waals surface area contributed by atoms with Gasteiger partial charge in [-0.25, -0.2) is 0 Å². The van der Waals surface area contributed by atoms with Crippen molar-refractivity contribution in [2.24, 2.45) is 4.99 Å². The first-order valence-electron chi connectivity index (χ1n) is 9.80. The lowest BCUT2D eigenvalue weighted by Gasteiger charge is -2.36. The van der Waals surface area contributed by atoms with Gasteiger partial charge >= 0.3 is 0 Å². The zero-order valence-corrected chi connectivity index (χ0v) is 16.3. The van der Waals surface area contributed by atoms with Crippen molar-refractivity contribution < 1.29 is 4.79 Å². The SMILES string of the molecule is CCNC(=NCCCCN1CCN(C)CC1)N1CCN(C(C)=O)CC1. The number of rotatable bonds is 6. The molecular weight excluding hydrogens is 316 g/mol. The third-order valence-corrected chi connectivity index (χ3v) is 5.10. The highest BCUT2D eigenvalue weighted by Crippen LogP contribution is 2.04. The molecule has 0 radical (unpaired) electrons. The van der Waals surface area contributed by atoms with Crippen molar-refractivity contribution in [2.45, 2.75) is 26.7 Å². The number of nitrogens with zero attached hydrogens (tertiary/aromatic N) is 5. The molecule has 2 heterocycles. The summed E-state index contributed by atoms with van der Waals surface area (Å²) in [5, 5.41) is 3.40. The molecule has 0 bridgehead atoms. The summed E-state index contributed by atoms with van der Waals surface area (Å²) in [5.41, 5.74) is 0. The summed E-state index contributed by atoms with van der Waals surface area (Å²) in [5.74, 6) is 1.18. The molecule has 7 heteroatoms. The van der Waals surface area contributed by atoms with Crippen molar-refractivity contribution in [1.82, 2.24) is 24.9 Å². The van der Waals surface area contributed by atoms with E-state index in [1.54, 1.807) is 6.92 Å². The number of hydrogen-bond donors (Lipinski definition) is 1. The van der Waals surface area contributed by atoms with Crippen LogP contribution in [-0.4, -0.2) is 111 Å². The minimum atomic E-state index is 0.172. The molecule has 2 rings (SSSR count). The molecule has 0 spiro atoms. The highest BCUT2D eigenvalue weighted by Gasteiger charge is 2.20. The number of piperazine rings is 2. The van der Waals surface area contributed by atoms with Gasteiger partial charge in [0, 0.05) is 72.4 Å². The van der Waals surface area contributed by atoms with Gasteiger partial charge in [-0.05, 0) is 33.4 Å². The Morgan fingerprint density at radius 2 is 1.60 bits per heavy atom. The normalized spacial score (nSPS) is 20.8. The number of guanidine groups is 1. The molecule has 1 N–H and O–H groups in total. The molecule has 0 atom stereocenters. The van der Waals surface area contributed by atoms with Crippen molar-refractivity contribution in [2.75, 3.05) is 79.0 Å². The molecule has 144 valence electrons. The van der Waals surface area contributed by atoms with Crippen molar-refractivity contribution in [3.05, 3.63) is 0 Å². The molecule has 2 aliphatic heterocycles. The van der Waals surface area contributed by atoms with E-state index in [9.17, 15) is 4.79 Å². The van der Waals surface area contributed by atoms with Gasteiger partial charge in [-0.2, -0.15) is 0 Å². The average molecular weight is 353 g/mol. The van der Waals surface area contributed by atoms with Crippen LogP contribution in [0.2, 0.25) is 0 Å². The predicted octanol–water partition coefficient (Wildman–Crippen LogP) is 0.144. The highest BCUT2D eigenvalue weighted by atomic mass is 16.2. The van der Waals surface area contributed by atoms with E-state index in [-0.39, 0.29) is 5.91 Å². The van der Waals surface area contributed by atoms with Crippen LogP contribution in [0.3, 0.4) is 0 Å². The fourth-order valence-electron chi connectivity index (χ4n) is 3.36. The number of unbranched alkanes of at least 4 members (excludes halogenated alkanes) is 1. The third-order valence-electron chi connectivity index (χ3n) is 5.10. The Labute approximate surface area is 153 Å². The quantitative estimate of drug-likeness (QED) is 0.419. The van der Waals surface area contributed by atoms with E-state index in [4.69, 9.17) is 4.99 Å². The van der Waals surface area contributed by atoms with Crippen molar-refractivity contribution in [3.63, 3.8) is 0 Å². The van der Waals surface area contributed by atoms with Crippen LogP contribution >= 0.6 is 0 Å². The Morgan fingerprint density at radius 3 is 2.20 bits per heavy atom. The molecule has 2 saturated heterocycles. The lowest BCUT2D eigenvalue weighted by molar-refractivity contribution is -0.130. The van der Waals surface area contributed by atoms with Crippen LogP contribution in [0, 0.1) is 0 Å². The topological polar surface area (TPSA) is 54.4 Å². The highest BCUT2D eigenvalue weighted by molar-refractivity contribution is 5.80. The monoisotopic (exact) mass is 352 g/mol. The first-order chi connectivity index (χ1) is 12.1. The molecule has 1 amide bonds. The lowest BCUT2D eigenvalue weighted by atomic mass is 10.2. The molecule has 0 aromatic heterocycles. The van der Waals surface area contributed by atoms with Gasteiger partial charge in [-0.15, -0.1) is 0 Å². The Kier molecular flexibility index (Phi) is 8.48. The molecule has 0 unspecified atom stereocenters. The van der Waals surface area contributed by atoms with Crippen LogP contribution in [0.1, 0.15) is 26.7 Å². The van der Waals surface area contributed by atoms with Crippen LogP contribution in [0.5, 0.6) is 0 Å². The summed E-state index contributed by atoms with van der Waals surface area (Å²) in [7, 11) is 2.20. The summed E-state index contributed by atoms with van der Waals surface area (Å²) >= 11 is 0. The second kappa shape index (κ2) is 10.6. The second-order valence-electron chi connectivity index (χ2n) is 7.08. The van der Waals surface area contributed by atoms with Gasteiger partial charge in [0.05, 0.1) is 0 Å². The van der Waals surface area contributed by atoms with Gasteiger partial charge in [0.2, 0.25) is 5.91 Å². The summed E-state index contributed by atoms with van der Waals surface area (Å²) < 4.78 is 0. The van der Waals surface area contributed by atoms with Crippen molar-refractivity contribution in [3.8, 4) is 0 Å². The first kappa shape index (κ1) is 20.0. The number of carbonyl (C=O) groups is 1. The molecular formula is C18H36N6O. The van der Waals surface area contributed by atoms with Crippen molar-refractivity contribution in [1.29, 1.82) is 0 Å². The Hall–Kier alpha value is -1.34. The Bertz CT molecular complexity index is 425. The van der Waals surface area contributed by atoms with E-state index in [1.807, 2.05) is 4.90 Å². The maximum Gasteiger partial charge on any atom is 0.219 e. The number of likely N-dealkylation sites (N-methyl/N-ethyl adjacent to an activating group) is 1. The molecule has 25 heavy (non-hydrogen) atoms. The largest absolute Gasteiger partial charge is 0.357 e. The van der Waals surface area contributed by atoms with Gasteiger partial charge in [0.15, 0.2) is 5.96 Å². The van der Waals surface area contributed by atoms with Gasteiger partial charge in [-0.3, -0.25) is 9.79 Å². The maximum atomic E-state index is 11.4. The molecule has 0 aliphatic carbocycles. The molecule has 7 nitrogen and oxygen atoms in total. The van der Waals surface area contributed by atoms with E-state index in [2.05, 4.69) is 34.0 Å². The summed E-state index contributed by atoms with van der Waals surface area (Å²) in [6, 6.07) is 0. The van der Waals surface area contributed by atoms with Crippen LogP contribution in [0.4, 0.5) is 0 Å². The first-order valence-corrected chi connectivity index (χ1v) is 9.80. The second-order valence-corrected chi connectivity index (χ2v) is 7.08. The maximum absolute atomic E-state index is 11.4. The standard InChI is InChI=1S/C18H36N6O/c1-4-19-18(24-15-13-23(14-16-24)17(2)25)20-7-5-6-8-22-11-9-21(3)10-12-22/h4-16H2,1-3H3,(H,19,20). The summed E-state index contributed by atoms with van der Waals surface area (Å²) in [6.07, 6.45) is 2.35.